The number of hydrogen-bond donors (Lipinski definition) is 0. The summed E-state index contributed by atoms with van der Waals surface area (Å²) in [5.74, 6) is 0.987. The fourth-order valence-electron chi connectivity index (χ4n) is 5.61. The largest absolute Gasteiger partial charge is 0.485 e. The molecule has 1 saturated heterocycles. The van der Waals surface area contributed by atoms with Gasteiger partial charge in [-0.2, -0.15) is 0 Å². The molecular weight excluding hydrogens is 460 g/mol. The molecule has 0 N–H and O–H groups in total. The molecule has 2 aromatic heterocycles. The van der Waals surface area contributed by atoms with Gasteiger partial charge in [0.15, 0.2) is 0 Å². The number of aryl methyl sites for hydroxylation is 1. The second-order valence-corrected chi connectivity index (χ2v) is 9.90. The average molecular weight is 495 g/mol. The summed E-state index contributed by atoms with van der Waals surface area (Å²) >= 11 is 0. The lowest BCUT2D eigenvalue weighted by Crippen LogP contribution is -2.47. The summed E-state index contributed by atoms with van der Waals surface area (Å²) in [6.45, 7) is 12.6. The molecule has 7 nitrogen and oxygen atoms in total. The monoisotopic (exact) mass is 494 g/mol. The maximum atomic E-state index is 6.32. The molecule has 7 heteroatoms. The van der Waals surface area contributed by atoms with E-state index in [9.17, 15) is 0 Å². The van der Waals surface area contributed by atoms with Crippen LogP contribution in [0.1, 0.15) is 36.5 Å². The Morgan fingerprint density at radius 3 is 2.65 bits per heavy atom. The highest BCUT2D eigenvalue weighted by Crippen LogP contribution is 2.35. The molecule has 0 saturated carbocycles. The zero-order valence-electron chi connectivity index (χ0n) is 21.9. The molecule has 0 radical (unpaired) electrons. The topological polar surface area (TPSA) is 58.8 Å². The van der Waals surface area contributed by atoms with E-state index in [2.05, 4.69) is 79.8 Å². The Morgan fingerprint density at radius 1 is 1.00 bits per heavy atom. The molecule has 0 unspecified atom stereocenters. The van der Waals surface area contributed by atoms with E-state index in [1.807, 2.05) is 20.2 Å². The first-order chi connectivity index (χ1) is 18.1. The third-order valence-corrected chi connectivity index (χ3v) is 7.55. The smallest absolute Gasteiger partial charge is 0.147 e. The van der Waals surface area contributed by atoms with Crippen LogP contribution in [0.3, 0.4) is 0 Å². The van der Waals surface area contributed by atoms with Gasteiger partial charge in [0.1, 0.15) is 24.4 Å². The summed E-state index contributed by atoms with van der Waals surface area (Å²) in [5.41, 5.74) is 8.75. The van der Waals surface area contributed by atoms with Crippen molar-refractivity contribution in [3.05, 3.63) is 77.5 Å². The van der Waals surface area contributed by atoms with E-state index in [1.165, 1.54) is 16.6 Å². The van der Waals surface area contributed by atoms with Crippen molar-refractivity contribution < 1.29 is 4.74 Å². The number of rotatable bonds is 6. The summed E-state index contributed by atoms with van der Waals surface area (Å²) in [6, 6.07) is 17.2. The van der Waals surface area contributed by atoms with Gasteiger partial charge in [-0.05, 0) is 63.1 Å². The zero-order chi connectivity index (χ0) is 25.4. The number of anilines is 1. The van der Waals surface area contributed by atoms with Crippen molar-refractivity contribution in [1.29, 1.82) is 0 Å². The number of para-hydroxylation sites is 1. The number of piperazine rings is 1. The Morgan fingerprint density at radius 2 is 1.81 bits per heavy atom. The fraction of sp³-hybridized carbons (Fsp3) is 0.367. The molecule has 0 amide bonds. The average Bonchev–Trinajstić information content (AvgIpc) is 3.37. The molecule has 1 fully saturated rings. The molecule has 0 spiro atoms. The minimum atomic E-state index is 0.522. The molecular formula is C30H34N6O. The van der Waals surface area contributed by atoms with Crippen LogP contribution in [0.5, 0.6) is 5.75 Å². The quantitative estimate of drug-likeness (QED) is 0.360. The van der Waals surface area contributed by atoms with Crippen molar-refractivity contribution in [2.24, 2.45) is 4.99 Å². The molecule has 190 valence electrons. The third kappa shape index (κ3) is 4.48. The summed E-state index contributed by atoms with van der Waals surface area (Å²) in [6.07, 6.45) is 2.88. The molecule has 0 bridgehead atoms. The Bertz CT molecular complexity index is 1460. The van der Waals surface area contributed by atoms with Crippen LogP contribution in [-0.2, 0) is 13.0 Å². The highest BCUT2D eigenvalue weighted by atomic mass is 16.5. The Hall–Kier alpha value is -3.71. The number of nitrogens with zero attached hydrogens (tertiary/aromatic N) is 6. The number of pyridine rings is 1. The summed E-state index contributed by atoms with van der Waals surface area (Å²) in [7, 11) is 0. The van der Waals surface area contributed by atoms with E-state index < -0.39 is 0 Å². The molecule has 0 aliphatic carbocycles. The molecule has 0 atom stereocenters. The van der Waals surface area contributed by atoms with Gasteiger partial charge in [0.2, 0.25) is 0 Å². The second kappa shape index (κ2) is 9.98. The summed E-state index contributed by atoms with van der Waals surface area (Å²) in [4.78, 5) is 19.0. The summed E-state index contributed by atoms with van der Waals surface area (Å²) < 4.78 is 8.50. The highest BCUT2D eigenvalue weighted by molar-refractivity contribution is 5.98. The standard InChI is InChI=1S/C30H34N6O/c1-4-31-22(3)29-28-19-37-30-23(7-5-10-27(30)36(28)20-32-29)13-14-34-15-17-35(18-16-34)26-9-6-8-25-24(26)12-11-21(2)33-25/h5-12,20H,4,13-19H2,1-3H3. The minimum Gasteiger partial charge on any atom is -0.485 e. The van der Waals surface area contributed by atoms with Crippen molar-refractivity contribution >= 4 is 22.3 Å². The van der Waals surface area contributed by atoms with Crippen LogP contribution in [0.2, 0.25) is 0 Å². The first-order valence-corrected chi connectivity index (χ1v) is 13.3. The molecule has 2 aliphatic heterocycles. The Balaban J connectivity index is 1.13. The van der Waals surface area contributed by atoms with Gasteiger partial charge in [-0.25, -0.2) is 4.98 Å². The number of imidazole rings is 1. The van der Waals surface area contributed by atoms with Crippen LogP contribution in [-0.4, -0.2) is 64.4 Å². The van der Waals surface area contributed by atoms with Gasteiger partial charge in [-0.3, -0.25) is 19.4 Å². The SMILES string of the molecule is CCN=C(C)c1ncn2c1COc1c(CCN3CCN(c4cccc5nc(C)ccc45)CC3)cccc1-2. The lowest BCUT2D eigenvalue weighted by atomic mass is 10.1. The van der Waals surface area contributed by atoms with Crippen molar-refractivity contribution in [2.45, 2.75) is 33.8 Å². The minimum absolute atomic E-state index is 0.522. The van der Waals surface area contributed by atoms with Gasteiger partial charge in [0.05, 0.1) is 22.6 Å². The molecule has 37 heavy (non-hydrogen) atoms. The second-order valence-electron chi connectivity index (χ2n) is 9.90. The van der Waals surface area contributed by atoms with E-state index in [0.717, 1.165) is 85.4 Å². The first kappa shape index (κ1) is 23.7. The van der Waals surface area contributed by atoms with Gasteiger partial charge >= 0.3 is 0 Å². The van der Waals surface area contributed by atoms with Crippen molar-refractivity contribution in [3.8, 4) is 11.4 Å². The van der Waals surface area contributed by atoms with Crippen LogP contribution >= 0.6 is 0 Å². The van der Waals surface area contributed by atoms with Crippen LogP contribution < -0.4 is 9.64 Å². The van der Waals surface area contributed by atoms with E-state index in [1.54, 1.807) is 0 Å². The predicted octanol–water partition coefficient (Wildman–Crippen LogP) is 4.81. The predicted molar refractivity (Wildman–Crippen MR) is 149 cm³/mol. The van der Waals surface area contributed by atoms with Crippen LogP contribution in [0.15, 0.2) is 59.9 Å². The molecule has 4 aromatic rings. The van der Waals surface area contributed by atoms with Gasteiger partial charge in [-0.15, -0.1) is 0 Å². The Kier molecular flexibility index (Phi) is 6.38. The number of aliphatic imine (C=N–C) groups is 1. The maximum absolute atomic E-state index is 6.32. The molecule has 6 rings (SSSR count). The lowest BCUT2D eigenvalue weighted by Gasteiger charge is -2.36. The van der Waals surface area contributed by atoms with E-state index >= 15 is 0 Å². The fourth-order valence-corrected chi connectivity index (χ4v) is 5.61. The first-order valence-electron chi connectivity index (χ1n) is 13.3. The van der Waals surface area contributed by atoms with Gasteiger partial charge < -0.3 is 9.64 Å². The summed E-state index contributed by atoms with van der Waals surface area (Å²) in [5, 5.41) is 1.24. The highest BCUT2D eigenvalue weighted by Gasteiger charge is 2.25. The number of ether oxygens (including phenoxy) is 1. The number of benzene rings is 2. The number of hydrogen-bond acceptors (Lipinski definition) is 6. The molecule has 4 heterocycles. The van der Waals surface area contributed by atoms with Crippen molar-refractivity contribution in [2.75, 3.05) is 44.2 Å². The third-order valence-electron chi connectivity index (χ3n) is 7.55. The number of aromatic nitrogens is 3. The van der Waals surface area contributed by atoms with Crippen molar-refractivity contribution in [1.82, 2.24) is 19.4 Å². The number of fused-ring (bicyclic) bond motifs is 4. The van der Waals surface area contributed by atoms with E-state index in [-0.39, 0.29) is 0 Å². The van der Waals surface area contributed by atoms with Gasteiger partial charge in [0, 0.05) is 56.0 Å². The molecule has 2 aromatic carbocycles. The van der Waals surface area contributed by atoms with Crippen LogP contribution in [0.25, 0.3) is 16.6 Å². The zero-order valence-corrected chi connectivity index (χ0v) is 21.9. The van der Waals surface area contributed by atoms with Gasteiger partial charge in [0.25, 0.3) is 0 Å². The van der Waals surface area contributed by atoms with E-state index in [4.69, 9.17) is 9.72 Å². The van der Waals surface area contributed by atoms with Crippen LogP contribution in [0.4, 0.5) is 5.69 Å². The Labute approximate surface area is 218 Å². The van der Waals surface area contributed by atoms with Gasteiger partial charge in [-0.1, -0.05) is 18.2 Å². The molecule has 2 aliphatic rings. The van der Waals surface area contributed by atoms with Crippen LogP contribution in [0, 0.1) is 6.92 Å². The van der Waals surface area contributed by atoms with Crippen molar-refractivity contribution in [3.63, 3.8) is 0 Å². The maximum Gasteiger partial charge on any atom is 0.147 e. The van der Waals surface area contributed by atoms with E-state index in [0.29, 0.717) is 6.61 Å². The lowest BCUT2D eigenvalue weighted by molar-refractivity contribution is 0.255. The normalized spacial score (nSPS) is 16.0.